The Morgan fingerprint density at radius 2 is 2.20 bits per heavy atom. The highest BCUT2D eigenvalue weighted by atomic mass is 35.5. The first-order valence-electron chi connectivity index (χ1n) is 7.91. The summed E-state index contributed by atoms with van der Waals surface area (Å²) in [4.78, 5) is 23.8. The van der Waals surface area contributed by atoms with Crippen LogP contribution >= 0.6 is 12.4 Å². The maximum absolute atomic E-state index is 12.3. The average Bonchev–Trinajstić information content (AvgIpc) is 3.05. The summed E-state index contributed by atoms with van der Waals surface area (Å²) in [6.07, 6.45) is 1.48. The molecule has 0 bridgehead atoms. The van der Waals surface area contributed by atoms with Crippen molar-refractivity contribution in [2.24, 2.45) is 0 Å². The molecule has 0 saturated carbocycles. The Balaban J connectivity index is 0.00000225. The van der Waals surface area contributed by atoms with E-state index in [1.54, 1.807) is 18.2 Å². The second kappa shape index (κ2) is 8.64. The summed E-state index contributed by atoms with van der Waals surface area (Å²) in [5, 5.41) is 13.2. The molecular formula is C17H21ClN4O3. The SMILES string of the molecule is COC(=O)c1cccc(CCNC(=O)c2n[nH]c3c2CNCC3)c1.Cl. The Kier molecular flexibility index (Phi) is 6.55. The van der Waals surface area contributed by atoms with Crippen LogP contribution in [-0.2, 0) is 24.1 Å². The summed E-state index contributed by atoms with van der Waals surface area (Å²) >= 11 is 0. The van der Waals surface area contributed by atoms with E-state index >= 15 is 0 Å². The monoisotopic (exact) mass is 364 g/mol. The number of nitrogens with zero attached hydrogens (tertiary/aromatic N) is 1. The van der Waals surface area contributed by atoms with Gasteiger partial charge in [-0.05, 0) is 24.1 Å². The smallest absolute Gasteiger partial charge is 0.337 e. The Morgan fingerprint density at radius 3 is 3.00 bits per heavy atom. The number of amides is 1. The predicted molar refractivity (Wildman–Crippen MR) is 95.1 cm³/mol. The number of nitrogens with one attached hydrogen (secondary N) is 3. The molecule has 8 heteroatoms. The number of benzene rings is 1. The van der Waals surface area contributed by atoms with Crippen LogP contribution in [0, 0.1) is 0 Å². The first-order chi connectivity index (χ1) is 11.7. The van der Waals surface area contributed by atoms with Crippen LogP contribution in [0.25, 0.3) is 0 Å². The first kappa shape index (κ1) is 19.0. The number of aromatic nitrogens is 2. The number of H-pyrrole nitrogens is 1. The lowest BCUT2D eigenvalue weighted by molar-refractivity contribution is 0.0600. The molecule has 7 nitrogen and oxygen atoms in total. The van der Waals surface area contributed by atoms with E-state index in [9.17, 15) is 9.59 Å². The van der Waals surface area contributed by atoms with Gasteiger partial charge in [0.15, 0.2) is 5.69 Å². The van der Waals surface area contributed by atoms with Crippen LogP contribution in [-0.4, -0.2) is 42.3 Å². The molecule has 0 unspecified atom stereocenters. The molecule has 3 rings (SSSR count). The van der Waals surface area contributed by atoms with Crippen molar-refractivity contribution < 1.29 is 14.3 Å². The van der Waals surface area contributed by atoms with Crippen molar-refractivity contribution in [3.63, 3.8) is 0 Å². The standard InChI is InChI=1S/C17H20N4O3.ClH/c1-24-17(23)12-4-2-3-11(9-12)5-8-19-16(22)15-13-10-18-7-6-14(13)20-21-15;/h2-4,9,18H,5-8,10H2,1H3,(H,19,22)(H,20,21);1H. The van der Waals surface area contributed by atoms with Gasteiger partial charge in [-0.1, -0.05) is 12.1 Å². The van der Waals surface area contributed by atoms with E-state index in [1.807, 2.05) is 6.07 Å². The van der Waals surface area contributed by atoms with Gasteiger partial charge in [0.1, 0.15) is 0 Å². The number of aromatic amines is 1. The highest BCUT2D eigenvalue weighted by Gasteiger charge is 2.21. The molecule has 2 heterocycles. The van der Waals surface area contributed by atoms with Gasteiger partial charge in [-0.25, -0.2) is 4.79 Å². The van der Waals surface area contributed by atoms with Crippen LogP contribution in [0.2, 0.25) is 0 Å². The van der Waals surface area contributed by atoms with Crippen LogP contribution in [0.15, 0.2) is 24.3 Å². The number of fused-ring (bicyclic) bond motifs is 1. The fraction of sp³-hybridized carbons (Fsp3) is 0.353. The molecule has 3 N–H and O–H groups in total. The zero-order valence-electron chi connectivity index (χ0n) is 13.9. The molecular weight excluding hydrogens is 344 g/mol. The van der Waals surface area contributed by atoms with Gasteiger partial charge >= 0.3 is 5.97 Å². The summed E-state index contributed by atoms with van der Waals surface area (Å²) in [5.74, 6) is -0.545. The summed E-state index contributed by atoms with van der Waals surface area (Å²) in [6.45, 7) is 2.03. The molecule has 1 amide bonds. The zero-order chi connectivity index (χ0) is 16.9. The third kappa shape index (κ3) is 4.37. The van der Waals surface area contributed by atoms with Gasteiger partial charge in [-0.2, -0.15) is 5.10 Å². The van der Waals surface area contributed by atoms with E-state index < -0.39 is 0 Å². The molecule has 0 fully saturated rings. The number of hydrogen-bond acceptors (Lipinski definition) is 5. The second-order valence-electron chi connectivity index (χ2n) is 5.65. The third-order valence-electron chi connectivity index (χ3n) is 4.07. The number of carbonyl (C=O) groups excluding carboxylic acids is 2. The molecule has 0 saturated heterocycles. The molecule has 2 aromatic rings. The molecule has 0 atom stereocenters. The van der Waals surface area contributed by atoms with Crippen LogP contribution in [0.1, 0.15) is 37.7 Å². The summed E-state index contributed by atoms with van der Waals surface area (Å²) in [7, 11) is 1.36. The fourth-order valence-electron chi connectivity index (χ4n) is 2.79. The Bertz CT molecular complexity index is 760. The van der Waals surface area contributed by atoms with Gasteiger partial charge in [0.2, 0.25) is 0 Å². The first-order valence-corrected chi connectivity index (χ1v) is 7.91. The third-order valence-corrected chi connectivity index (χ3v) is 4.07. The summed E-state index contributed by atoms with van der Waals surface area (Å²) < 4.78 is 4.71. The summed E-state index contributed by atoms with van der Waals surface area (Å²) in [5.41, 5.74) is 3.91. The van der Waals surface area contributed by atoms with Crippen LogP contribution in [0.5, 0.6) is 0 Å². The Hall–Kier alpha value is -2.38. The van der Waals surface area contributed by atoms with Crippen molar-refractivity contribution in [2.45, 2.75) is 19.4 Å². The zero-order valence-corrected chi connectivity index (χ0v) is 14.7. The van der Waals surface area contributed by atoms with Gasteiger partial charge < -0.3 is 15.4 Å². The van der Waals surface area contributed by atoms with Gasteiger partial charge in [0.05, 0.1) is 12.7 Å². The van der Waals surface area contributed by atoms with E-state index in [4.69, 9.17) is 4.74 Å². The summed E-state index contributed by atoms with van der Waals surface area (Å²) in [6, 6.07) is 7.20. The van der Waals surface area contributed by atoms with E-state index in [1.165, 1.54) is 7.11 Å². The maximum atomic E-state index is 12.3. The number of esters is 1. The lowest BCUT2D eigenvalue weighted by Crippen LogP contribution is -2.29. The molecule has 1 aromatic heterocycles. The highest BCUT2D eigenvalue weighted by Crippen LogP contribution is 2.15. The number of methoxy groups -OCH3 is 1. The number of halogens is 1. The number of carbonyl (C=O) groups is 2. The quantitative estimate of drug-likeness (QED) is 0.694. The highest BCUT2D eigenvalue weighted by molar-refractivity contribution is 5.94. The van der Waals surface area contributed by atoms with Crippen LogP contribution in [0.3, 0.4) is 0 Å². The number of rotatable bonds is 5. The van der Waals surface area contributed by atoms with Crippen molar-refractivity contribution in [1.29, 1.82) is 0 Å². The van der Waals surface area contributed by atoms with Crippen molar-refractivity contribution in [2.75, 3.05) is 20.2 Å². The van der Waals surface area contributed by atoms with E-state index in [0.717, 1.165) is 29.8 Å². The van der Waals surface area contributed by atoms with E-state index in [-0.39, 0.29) is 24.3 Å². The van der Waals surface area contributed by atoms with Gasteiger partial charge in [0, 0.05) is 37.3 Å². The predicted octanol–water partition coefficient (Wildman–Crippen LogP) is 1.24. The molecule has 1 aliphatic rings. The van der Waals surface area contributed by atoms with Crippen molar-refractivity contribution >= 4 is 24.3 Å². The molecule has 25 heavy (non-hydrogen) atoms. The number of hydrogen-bond donors (Lipinski definition) is 3. The molecule has 134 valence electrons. The van der Waals surface area contributed by atoms with Gasteiger partial charge in [0.25, 0.3) is 5.91 Å². The molecule has 1 aromatic carbocycles. The van der Waals surface area contributed by atoms with E-state index in [0.29, 0.717) is 30.8 Å². The normalized spacial score (nSPS) is 12.7. The minimum absolute atomic E-state index is 0. The van der Waals surface area contributed by atoms with E-state index in [2.05, 4.69) is 20.8 Å². The van der Waals surface area contributed by atoms with Crippen LogP contribution < -0.4 is 10.6 Å². The molecule has 0 spiro atoms. The van der Waals surface area contributed by atoms with Crippen molar-refractivity contribution in [3.05, 3.63) is 52.3 Å². The fourth-order valence-corrected chi connectivity index (χ4v) is 2.79. The van der Waals surface area contributed by atoms with Gasteiger partial charge in [-0.15, -0.1) is 12.4 Å². The topological polar surface area (TPSA) is 96.1 Å². The minimum Gasteiger partial charge on any atom is -0.465 e. The largest absolute Gasteiger partial charge is 0.465 e. The maximum Gasteiger partial charge on any atom is 0.337 e. The lowest BCUT2D eigenvalue weighted by atomic mass is 10.1. The lowest BCUT2D eigenvalue weighted by Gasteiger charge is -2.12. The Labute approximate surface area is 151 Å². The van der Waals surface area contributed by atoms with Gasteiger partial charge in [-0.3, -0.25) is 9.89 Å². The molecule has 0 radical (unpaired) electrons. The van der Waals surface area contributed by atoms with Crippen molar-refractivity contribution in [1.82, 2.24) is 20.8 Å². The Morgan fingerprint density at radius 1 is 1.36 bits per heavy atom. The minimum atomic E-state index is -0.364. The second-order valence-corrected chi connectivity index (χ2v) is 5.65. The molecule has 0 aliphatic carbocycles. The van der Waals surface area contributed by atoms with Crippen molar-refractivity contribution in [3.8, 4) is 0 Å². The average molecular weight is 365 g/mol. The number of ether oxygens (including phenoxy) is 1. The van der Waals surface area contributed by atoms with Crippen LogP contribution in [0.4, 0.5) is 0 Å². The molecule has 1 aliphatic heterocycles.